The van der Waals surface area contributed by atoms with Crippen LogP contribution in [0.5, 0.6) is 11.5 Å². The number of hydrogen-bond acceptors (Lipinski definition) is 5. The number of fused-ring (bicyclic) bond motifs is 1. The van der Waals surface area contributed by atoms with Crippen LogP contribution >= 0.6 is 22.9 Å². The summed E-state index contributed by atoms with van der Waals surface area (Å²) in [6.07, 6.45) is 0. The van der Waals surface area contributed by atoms with E-state index in [0.29, 0.717) is 17.4 Å². The molecule has 0 aliphatic heterocycles. The van der Waals surface area contributed by atoms with E-state index in [4.69, 9.17) is 21.1 Å². The lowest BCUT2D eigenvalue weighted by atomic mass is 10.2. The van der Waals surface area contributed by atoms with E-state index in [1.165, 1.54) is 18.3 Å². The molecule has 124 valence electrons. The molecule has 0 unspecified atom stereocenters. The number of benzene rings is 1. The highest BCUT2D eigenvalue weighted by atomic mass is 35.5. The van der Waals surface area contributed by atoms with Crippen molar-refractivity contribution in [2.75, 3.05) is 0 Å². The van der Waals surface area contributed by atoms with Gasteiger partial charge in [-0.25, -0.2) is 0 Å². The van der Waals surface area contributed by atoms with Gasteiger partial charge in [0.15, 0.2) is 0 Å². The summed E-state index contributed by atoms with van der Waals surface area (Å²) in [6.45, 7) is 5.58. The van der Waals surface area contributed by atoms with Crippen molar-refractivity contribution in [2.24, 2.45) is 0 Å². The summed E-state index contributed by atoms with van der Waals surface area (Å²) in [5.74, 6) is 0.984. The summed E-state index contributed by atoms with van der Waals surface area (Å²) < 4.78 is 12.0. The van der Waals surface area contributed by atoms with Crippen LogP contribution in [0.4, 0.5) is 0 Å². The van der Waals surface area contributed by atoms with Gasteiger partial charge in [0.05, 0.1) is 5.02 Å². The molecule has 0 saturated carbocycles. The number of aromatic nitrogens is 1. The van der Waals surface area contributed by atoms with Gasteiger partial charge in [0.1, 0.15) is 18.1 Å². The maximum Gasteiger partial charge on any atom is 0.308 e. The number of nitrogens with zero attached hydrogens (tertiary/aromatic N) is 1. The fourth-order valence-electron chi connectivity index (χ4n) is 2.44. The van der Waals surface area contributed by atoms with E-state index in [0.717, 1.165) is 32.8 Å². The fraction of sp³-hybridized carbons (Fsp3) is 0.222. The predicted octanol–water partition coefficient (Wildman–Crippen LogP) is 5.07. The molecule has 3 aromatic rings. The van der Waals surface area contributed by atoms with Gasteiger partial charge in [0.2, 0.25) is 0 Å². The number of thiophene rings is 1. The van der Waals surface area contributed by atoms with Crippen molar-refractivity contribution >= 4 is 39.0 Å². The smallest absolute Gasteiger partial charge is 0.308 e. The Balaban J connectivity index is 1.80. The first-order valence-electron chi connectivity index (χ1n) is 7.39. The highest BCUT2D eigenvalue weighted by Crippen LogP contribution is 2.35. The predicted molar refractivity (Wildman–Crippen MR) is 96.2 cm³/mol. The molecule has 0 N–H and O–H groups in total. The van der Waals surface area contributed by atoms with E-state index < -0.39 is 0 Å². The molecule has 0 atom stereocenters. The molecule has 0 bridgehead atoms. The molecule has 2 heterocycles. The second kappa shape index (κ2) is 6.79. The van der Waals surface area contributed by atoms with Gasteiger partial charge in [-0.3, -0.25) is 9.78 Å². The molecule has 0 radical (unpaired) electrons. The summed E-state index contributed by atoms with van der Waals surface area (Å²) in [4.78, 5) is 15.5. The van der Waals surface area contributed by atoms with Gasteiger partial charge in [0.25, 0.3) is 0 Å². The highest BCUT2D eigenvalue weighted by molar-refractivity contribution is 7.17. The largest absolute Gasteiger partial charge is 0.489 e. The molecule has 24 heavy (non-hydrogen) atoms. The summed E-state index contributed by atoms with van der Waals surface area (Å²) >= 11 is 7.79. The average molecular weight is 362 g/mol. The number of esters is 1. The monoisotopic (exact) mass is 361 g/mol. The molecule has 0 spiro atoms. The van der Waals surface area contributed by atoms with E-state index in [1.54, 1.807) is 0 Å². The van der Waals surface area contributed by atoms with Crippen LogP contribution in [0.15, 0.2) is 29.6 Å². The SMILES string of the molecule is CC(=O)Oc1csc2cc(OCc3c(Cl)cc(C)nc3C)ccc12. The van der Waals surface area contributed by atoms with Gasteiger partial charge in [-0.15, -0.1) is 11.3 Å². The van der Waals surface area contributed by atoms with Crippen molar-refractivity contribution in [1.29, 1.82) is 0 Å². The first kappa shape index (κ1) is 16.7. The Morgan fingerprint density at radius 3 is 2.79 bits per heavy atom. The standard InChI is InChI=1S/C18H16ClNO3S/c1-10-6-16(19)15(11(2)20-10)8-22-13-4-5-14-17(23-12(3)21)9-24-18(14)7-13/h4-7,9H,8H2,1-3H3. The molecule has 3 rings (SSSR count). The van der Waals surface area contributed by atoms with Gasteiger partial charge in [-0.05, 0) is 38.1 Å². The van der Waals surface area contributed by atoms with Gasteiger partial charge in [0, 0.05) is 39.3 Å². The molecule has 1 aromatic carbocycles. The van der Waals surface area contributed by atoms with Crippen LogP contribution < -0.4 is 9.47 Å². The number of hydrogen-bond donors (Lipinski definition) is 0. The van der Waals surface area contributed by atoms with Crippen LogP contribution in [-0.2, 0) is 11.4 Å². The summed E-state index contributed by atoms with van der Waals surface area (Å²) in [6, 6.07) is 7.51. The maximum atomic E-state index is 11.1. The number of ether oxygens (including phenoxy) is 2. The second-order valence-electron chi connectivity index (χ2n) is 5.45. The molecule has 0 aliphatic carbocycles. The zero-order valence-electron chi connectivity index (χ0n) is 13.6. The van der Waals surface area contributed by atoms with Crippen molar-refractivity contribution in [1.82, 2.24) is 4.98 Å². The Labute approximate surface area is 149 Å². The normalized spacial score (nSPS) is 10.8. The molecule has 0 saturated heterocycles. The lowest BCUT2D eigenvalue weighted by molar-refractivity contribution is -0.131. The molecule has 6 heteroatoms. The molecular formula is C18H16ClNO3S. The van der Waals surface area contributed by atoms with Crippen LogP contribution in [0, 0.1) is 13.8 Å². The Hall–Kier alpha value is -2.11. The van der Waals surface area contributed by atoms with Crippen LogP contribution in [0.3, 0.4) is 0 Å². The highest BCUT2D eigenvalue weighted by Gasteiger charge is 2.11. The number of rotatable bonds is 4. The van der Waals surface area contributed by atoms with E-state index >= 15 is 0 Å². The minimum Gasteiger partial charge on any atom is -0.489 e. The Bertz CT molecular complexity index is 897. The van der Waals surface area contributed by atoms with Crippen LogP contribution in [0.1, 0.15) is 23.9 Å². The molecule has 4 nitrogen and oxygen atoms in total. The number of pyridine rings is 1. The fourth-order valence-corrected chi connectivity index (χ4v) is 3.68. The quantitative estimate of drug-likeness (QED) is 0.608. The first-order valence-corrected chi connectivity index (χ1v) is 8.65. The maximum absolute atomic E-state index is 11.1. The van der Waals surface area contributed by atoms with Crippen LogP contribution in [-0.4, -0.2) is 11.0 Å². The Morgan fingerprint density at radius 1 is 1.29 bits per heavy atom. The van der Waals surface area contributed by atoms with Crippen molar-refractivity contribution < 1.29 is 14.3 Å². The van der Waals surface area contributed by atoms with E-state index in [2.05, 4.69) is 4.98 Å². The first-order chi connectivity index (χ1) is 11.4. The number of carbonyl (C=O) groups excluding carboxylic acids is 1. The van der Waals surface area contributed by atoms with Gasteiger partial charge < -0.3 is 9.47 Å². The summed E-state index contributed by atoms with van der Waals surface area (Å²) in [7, 11) is 0. The van der Waals surface area contributed by atoms with Crippen molar-refractivity contribution in [3.05, 3.63) is 51.6 Å². The Kier molecular flexibility index (Phi) is 4.73. The zero-order chi connectivity index (χ0) is 17.3. The molecule has 0 amide bonds. The van der Waals surface area contributed by atoms with E-state index in [1.807, 2.05) is 43.5 Å². The third kappa shape index (κ3) is 3.52. The van der Waals surface area contributed by atoms with Gasteiger partial charge >= 0.3 is 5.97 Å². The average Bonchev–Trinajstić information content (AvgIpc) is 2.88. The lowest BCUT2D eigenvalue weighted by Gasteiger charge is -2.11. The topological polar surface area (TPSA) is 48.4 Å². The molecule has 2 aromatic heterocycles. The van der Waals surface area contributed by atoms with E-state index in [9.17, 15) is 4.79 Å². The van der Waals surface area contributed by atoms with Crippen molar-refractivity contribution in [3.63, 3.8) is 0 Å². The number of aryl methyl sites for hydroxylation is 2. The van der Waals surface area contributed by atoms with Crippen LogP contribution in [0.2, 0.25) is 5.02 Å². The number of carbonyl (C=O) groups is 1. The second-order valence-corrected chi connectivity index (χ2v) is 6.77. The van der Waals surface area contributed by atoms with Crippen molar-refractivity contribution in [2.45, 2.75) is 27.4 Å². The third-order valence-electron chi connectivity index (χ3n) is 3.55. The molecular weight excluding hydrogens is 346 g/mol. The zero-order valence-corrected chi connectivity index (χ0v) is 15.1. The molecule has 0 fully saturated rings. The summed E-state index contributed by atoms with van der Waals surface area (Å²) in [5.41, 5.74) is 2.64. The molecule has 0 aliphatic rings. The lowest BCUT2D eigenvalue weighted by Crippen LogP contribution is -2.02. The van der Waals surface area contributed by atoms with Crippen molar-refractivity contribution in [3.8, 4) is 11.5 Å². The third-order valence-corrected chi connectivity index (χ3v) is 4.81. The van der Waals surface area contributed by atoms with Gasteiger partial charge in [-0.1, -0.05) is 11.6 Å². The van der Waals surface area contributed by atoms with E-state index in [-0.39, 0.29) is 5.97 Å². The minimum absolute atomic E-state index is 0.327. The minimum atomic E-state index is -0.327. The Morgan fingerprint density at radius 2 is 2.08 bits per heavy atom. The summed E-state index contributed by atoms with van der Waals surface area (Å²) in [5, 5.41) is 3.38. The van der Waals surface area contributed by atoms with Crippen LogP contribution in [0.25, 0.3) is 10.1 Å². The number of halogens is 1. The van der Waals surface area contributed by atoms with Gasteiger partial charge in [-0.2, -0.15) is 0 Å².